The van der Waals surface area contributed by atoms with Crippen LogP contribution in [0.4, 0.5) is 0 Å². The standard InChI is InChI=1S/C18H14N2O2/c1-21-16-9-14-11-20-7-6-15(14)17(18(16)22-2)13-5-3-4-12(8-13)10-19/h3-9,11H,1-2H3. The van der Waals surface area contributed by atoms with Gasteiger partial charge < -0.3 is 9.47 Å². The van der Waals surface area contributed by atoms with E-state index in [-0.39, 0.29) is 0 Å². The molecule has 0 N–H and O–H groups in total. The highest BCUT2D eigenvalue weighted by Crippen LogP contribution is 2.43. The first-order valence-corrected chi connectivity index (χ1v) is 6.77. The molecule has 0 aliphatic rings. The molecule has 0 amide bonds. The van der Waals surface area contributed by atoms with Gasteiger partial charge in [0.15, 0.2) is 11.5 Å². The third kappa shape index (κ3) is 2.23. The third-order valence-electron chi connectivity index (χ3n) is 3.56. The van der Waals surface area contributed by atoms with Crippen molar-refractivity contribution in [3.05, 3.63) is 54.4 Å². The van der Waals surface area contributed by atoms with Gasteiger partial charge in [0, 0.05) is 23.3 Å². The van der Waals surface area contributed by atoms with Crippen molar-refractivity contribution in [3.63, 3.8) is 0 Å². The van der Waals surface area contributed by atoms with E-state index < -0.39 is 0 Å². The van der Waals surface area contributed by atoms with Crippen molar-refractivity contribution >= 4 is 10.8 Å². The Bertz CT molecular complexity index is 882. The first kappa shape index (κ1) is 13.9. The van der Waals surface area contributed by atoms with Crippen molar-refractivity contribution < 1.29 is 9.47 Å². The number of fused-ring (bicyclic) bond motifs is 1. The van der Waals surface area contributed by atoms with E-state index in [9.17, 15) is 0 Å². The fourth-order valence-corrected chi connectivity index (χ4v) is 2.59. The predicted octanol–water partition coefficient (Wildman–Crippen LogP) is 3.79. The van der Waals surface area contributed by atoms with Crippen LogP contribution in [-0.2, 0) is 0 Å². The fourth-order valence-electron chi connectivity index (χ4n) is 2.59. The lowest BCUT2D eigenvalue weighted by Gasteiger charge is -2.16. The van der Waals surface area contributed by atoms with Gasteiger partial charge in [-0.05, 0) is 35.2 Å². The number of pyridine rings is 1. The topological polar surface area (TPSA) is 55.1 Å². The van der Waals surface area contributed by atoms with E-state index in [1.165, 1.54) is 0 Å². The molecule has 2 aromatic carbocycles. The molecule has 0 spiro atoms. The van der Waals surface area contributed by atoms with Crippen molar-refractivity contribution in [3.8, 4) is 28.7 Å². The summed E-state index contributed by atoms with van der Waals surface area (Å²) in [6, 6.07) is 13.4. The van der Waals surface area contributed by atoms with Crippen LogP contribution < -0.4 is 9.47 Å². The van der Waals surface area contributed by atoms with Crippen LogP contribution in [0.25, 0.3) is 21.9 Å². The van der Waals surface area contributed by atoms with E-state index in [1.807, 2.05) is 30.3 Å². The van der Waals surface area contributed by atoms with E-state index in [1.54, 1.807) is 32.7 Å². The maximum atomic E-state index is 9.13. The molecule has 0 saturated heterocycles. The minimum absolute atomic E-state index is 0.601. The number of aromatic nitrogens is 1. The number of hydrogen-bond acceptors (Lipinski definition) is 4. The summed E-state index contributed by atoms with van der Waals surface area (Å²) in [5.41, 5.74) is 2.41. The molecule has 0 saturated carbocycles. The van der Waals surface area contributed by atoms with E-state index in [2.05, 4.69) is 11.1 Å². The van der Waals surface area contributed by atoms with Gasteiger partial charge in [-0.2, -0.15) is 5.26 Å². The molecule has 0 aliphatic heterocycles. The molecule has 0 atom stereocenters. The molecule has 4 nitrogen and oxygen atoms in total. The normalized spacial score (nSPS) is 10.2. The average Bonchev–Trinajstić information content (AvgIpc) is 2.59. The Morgan fingerprint density at radius 1 is 1.09 bits per heavy atom. The first-order valence-electron chi connectivity index (χ1n) is 6.77. The van der Waals surface area contributed by atoms with Gasteiger partial charge in [0.1, 0.15) is 0 Å². The van der Waals surface area contributed by atoms with Crippen LogP contribution in [0.3, 0.4) is 0 Å². The molecule has 22 heavy (non-hydrogen) atoms. The van der Waals surface area contributed by atoms with E-state index in [4.69, 9.17) is 14.7 Å². The Morgan fingerprint density at radius 2 is 1.95 bits per heavy atom. The van der Waals surface area contributed by atoms with Gasteiger partial charge in [-0.25, -0.2) is 0 Å². The van der Waals surface area contributed by atoms with Gasteiger partial charge in [0.25, 0.3) is 0 Å². The lowest BCUT2D eigenvalue weighted by atomic mass is 9.96. The van der Waals surface area contributed by atoms with Crippen LogP contribution in [0.2, 0.25) is 0 Å². The highest BCUT2D eigenvalue weighted by atomic mass is 16.5. The number of methoxy groups -OCH3 is 2. The predicted molar refractivity (Wildman–Crippen MR) is 85.0 cm³/mol. The Hall–Kier alpha value is -3.06. The van der Waals surface area contributed by atoms with E-state index in [0.717, 1.165) is 21.9 Å². The maximum Gasteiger partial charge on any atom is 0.169 e. The van der Waals surface area contributed by atoms with Crippen molar-refractivity contribution in [2.75, 3.05) is 14.2 Å². The average molecular weight is 290 g/mol. The fraction of sp³-hybridized carbons (Fsp3) is 0.111. The summed E-state index contributed by atoms with van der Waals surface area (Å²) in [6.07, 6.45) is 3.53. The summed E-state index contributed by atoms with van der Waals surface area (Å²) < 4.78 is 11.0. The maximum absolute atomic E-state index is 9.13. The molecular weight excluding hydrogens is 276 g/mol. The van der Waals surface area contributed by atoms with Gasteiger partial charge in [-0.3, -0.25) is 4.98 Å². The summed E-state index contributed by atoms with van der Waals surface area (Å²) >= 11 is 0. The third-order valence-corrected chi connectivity index (χ3v) is 3.56. The molecule has 3 rings (SSSR count). The summed E-state index contributed by atoms with van der Waals surface area (Å²) in [5.74, 6) is 1.29. The van der Waals surface area contributed by atoms with Gasteiger partial charge in [0.2, 0.25) is 0 Å². The monoisotopic (exact) mass is 290 g/mol. The number of ether oxygens (including phenoxy) is 2. The van der Waals surface area contributed by atoms with Crippen LogP contribution >= 0.6 is 0 Å². The van der Waals surface area contributed by atoms with Crippen LogP contribution in [0.5, 0.6) is 11.5 Å². The Morgan fingerprint density at radius 3 is 2.68 bits per heavy atom. The molecule has 0 fully saturated rings. The van der Waals surface area contributed by atoms with Gasteiger partial charge >= 0.3 is 0 Å². The molecule has 1 heterocycles. The second kappa shape index (κ2) is 5.74. The Balaban J connectivity index is 2.41. The number of rotatable bonds is 3. The highest BCUT2D eigenvalue weighted by molar-refractivity contribution is 6.01. The van der Waals surface area contributed by atoms with Crippen molar-refractivity contribution in [1.82, 2.24) is 4.98 Å². The van der Waals surface area contributed by atoms with Crippen LogP contribution in [0.1, 0.15) is 5.56 Å². The zero-order valence-corrected chi connectivity index (χ0v) is 12.3. The second-order valence-corrected chi connectivity index (χ2v) is 4.78. The zero-order valence-electron chi connectivity index (χ0n) is 12.3. The first-order chi connectivity index (χ1) is 10.8. The smallest absolute Gasteiger partial charge is 0.169 e. The molecule has 0 radical (unpaired) electrons. The second-order valence-electron chi connectivity index (χ2n) is 4.78. The molecular formula is C18H14N2O2. The van der Waals surface area contributed by atoms with Crippen LogP contribution in [0.15, 0.2) is 48.8 Å². The molecule has 0 unspecified atom stereocenters. The Labute approximate surface area is 128 Å². The van der Waals surface area contributed by atoms with Gasteiger partial charge in [-0.1, -0.05) is 12.1 Å². The SMILES string of the molecule is COc1cc2cnccc2c(-c2cccc(C#N)c2)c1OC. The minimum Gasteiger partial charge on any atom is -0.493 e. The van der Waals surface area contributed by atoms with E-state index in [0.29, 0.717) is 17.1 Å². The van der Waals surface area contributed by atoms with Crippen LogP contribution in [0, 0.1) is 11.3 Å². The summed E-state index contributed by atoms with van der Waals surface area (Å²) in [6.45, 7) is 0. The molecule has 4 heteroatoms. The summed E-state index contributed by atoms with van der Waals surface area (Å²) in [4.78, 5) is 4.16. The highest BCUT2D eigenvalue weighted by Gasteiger charge is 2.17. The van der Waals surface area contributed by atoms with Crippen molar-refractivity contribution in [2.45, 2.75) is 0 Å². The van der Waals surface area contributed by atoms with Crippen molar-refractivity contribution in [2.24, 2.45) is 0 Å². The molecule has 0 aliphatic carbocycles. The van der Waals surface area contributed by atoms with Gasteiger partial charge in [0.05, 0.1) is 25.9 Å². The number of hydrogen-bond donors (Lipinski definition) is 0. The number of nitriles is 1. The van der Waals surface area contributed by atoms with Crippen molar-refractivity contribution in [1.29, 1.82) is 5.26 Å². The number of nitrogens with zero attached hydrogens (tertiary/aromatic N) is 2. The molecule has 0 bridgehead atoms. The lowest BCUT2D eigenvalue weighted by Crippen LogP contribution is -1.95. The molecule has 1 aromatic heterocycles. The molecule has 3 aromatic rings. The van der Waals surface area contributed by atoms with Crippen LogP contribution in [-0.4, -0.2) is 19.2 Å². The Kier molecular flexibility index (Phi) is 3.63. The largest absolute Gasteiger partial charge is 0.493 e. The zero-order chi connectivity index (χ0) is 15.5. The van der Waals surface area contributed by atoms with Gasteiger partial charge in [-0.15, -0.1) is 0 Å². The summed E-state index contributed by atoms with van der Waals surface area (Å²) in [5, 5.41) is 11.1. The molecule has 108 valence electrons. The van der Waals surface area contributed by atoms with E-state index >= 15 is 0 Å². The summed E-state index contributed by atoms with van der Waals surface area (Å²) in [7, 11) is 3.22. The lowest BCUT2D eigenvalue weighted by molar-refractivity contribution is 0.357. The minimum atomic E-state index is 0.601. The number of benzene rings is 2. The quantitative estimate of drug-likeness (QED) is 0.736.